The minimum atomic E-state index is -1.48. The molecule has 4 rings (SSSR count). The van der Waals surface area contributed by atoms with Gasteiger partial charge in [0.1, 0.15) is 0 Å². The molecule has 2 N–H and O–H groups in total. The summed E-state index contributed by atoms with van der Waals surface area (Å²) in [5.41, 5.74) is 0.781. The van der Waals surface area contributed by atoms with Crippen LogP contribution in [0.3, 0.4) is 0 Å². The van der Waals surface area contributed by atoms with Crippen molar-refractivity contribution in [3.8, 4) is 11.5 Å². The minimum absolute atomic E-state index is 0.0628. The van der Waals surface area contributed by atoms with Crippen molar-refractivity contribution in [3.05, 3.63) is 21.3 Å². The van der Waals surface area contributed by atoms with Gasteiger partial charge in [-0.25, -0.2) is 0 Å². The summed E-state index contributed by atoms with van der Waals surface area (Å²) in [6.45, 7) is 6.41. The van der Waals surface area contributed by atoms with Crippen molar-refractivity contribution in [3.63, 3.8) is 0 Å². The van der Waals surface area contributed by atoms with Gasteiger partial charge in [0, 0.05) is 18.4 Å². The molecule has 8 heteroatoms. The van der Waals surface area contributed by atoms with E-state index >= 15 is 0 Å². The number of aliphatic hydroxyl groups is 1. The standard InChI is InChI=1S/C23H30INO6/c1-5-6-25-21(27)13-9-14(11(2)3)23(29)15(19(13)22(25)28)10-17(31-23)12-7-16(24)20(26)18(8-12)30-4/h7-8,11,13-15,17,19,26,29H,5-6,9-10H2,1-4H3/t13-,14+,15-,17-,19-,23+/m0/s1. The van der Waals surface area contributed by atoms with Crippen molar-refractivity contribution in [2.24, 2.45) is 29.6 Å². The van der Waals surface area contributed by atoms with Crippen LogP contribution in [0.15, 0.2) is 12.1 Å². The summed E-state index contributed by atoms with van der Waals surface area (Å²) < 4.78 is 12.2. The third kappa shape index (κ3) is 3.45. The number of carbonyl (C=O) groups is 2. The fourth-order valence-electron chi connectivity index (χ4n) is 5.82. The Morgan fingerprint density at radius 2 is 2.00 bits per heavy atom. The number of imide groups is 1. The van der Waals surface area contributed by atoms with E-state index in [-0.39, 0.29) is 29.4 Å². The summed E-state index contributed by atoms with van der Waals surface area (Å²) in [7, 11) is 1.49. The highest BCUT2D eigenvalue weighted by molar-refractivity contribution is 14.1. The number of nitrogens with zero attached hydrogens (tertiary/aromatic N) is 1. The predicted molar refractivity (Wildman–Crippen MR) is 121 cm³/mol. The van der Waals surface area contributed by atoms with Gasteiger partial charge < -0.3 is 19.7 Å². The van der Waals surface area contributed by atoms with Gasteiger partial charge >= 0.3 is 0 Å². The van der Waals surface area contributed by atoms with Gasteiger partial charge in [-0.05, 0) is 65.5 Å². The van der Waals surface area contributed by atoms with Crippen LogP contribution in [-0.4, -0.2) is 46.4 Å². The van der Waals surface area contributed by atoms with E-state index < -0.39 is 29.6 Å². The van der Waals surface area contributed by atoms with Crippen LogP contribution >= 0.6 is 22.6 Å². The fraction of sp³-hybridized carbons (Fsp3) is 0.652. The summed E-state index contributed by atoms with van der Waals surface area (Å²) in [4.78, 5) is 27.7. The van der Waals surface area contributed by atoms with E-state index in [4.69, 9.17) is 9.47 Å². The number of phenolic OH excluding ortho intramolecular Hbond substituents is 1. The van der Waals surface area contributed by atoms with Crippen LogP contribution in [0.5, 0.6) is 11.5 Å². The second-order valence-corrected chi connectivity index (χ2v) is 10.5. The molecule has 0 radical (unpaired) electrons. The van der Waals surface area contributed by atoms with Gasteiger partial charge in [-0.15, -0.1) is 0 Å². The number of phenols is 1. The van der Waals surface area contributed by atoms with Crippen molar-refractivity contribution < 1.29 is 29.3 Å². The van der Waals surface area contributed by atoms with E-state index in [0.29, 0.717) is 35.1 Å². The van der Waals surface area contributed by atoms with Crippen LogP contribution in [0.25, 0.3) is 0 Å². The molecule has 2 saturated heterocycles. The molecule has 2 aliphatic heterocycles. The SMILES string of the molecule is CCCN1C(=O)[C@H]2[C@H](C[C@H](C(C)C)[C@@]3(O)O[C@H](c4cc(I)c(O)c(OC)c4)C[C@@H]23)C1=O. The molecule has 0 spiro atoms. The summed E-state index contributed by atoms with van der Waals surface area (Å²) in [5, 5.41) is 22.0. The third-order valence-corrected chi connectivity index (χ3v) is 8.09. The number of rotatable bonds is 5. The molecule has 1 aromatic rings. The number of carbonyl (C=O) groups excluding carboxylic acids is 2. The fourth-order valence-corrected chi connectivity index (χ4v) is 6.44. The van der Waals surface area contributed by atoms with Gasteiger partial charge in [-0.3, -0.25) is 14.5 Å². The highest BCUT2D eigenvalue weighted by atomic mass is 127. The molecule has 2 heterocycles. The molecule has 2 amide bonds. The number of halogens is 1. The molecular formula is C23H30INO6. The first-order chi connectivity index (χ1) is 14.6. The average molecular weight is 543 g/mol. The molecule has 170 valence electrons. The number of hydrogen-bond acceptors (Lipinski definition) is 6. The van der Waals surface area contributed by atoms with E-state index in [1.54, 1.807) is 6.07 Å². The molecular weight excluding hydrogens is 513 g/mol. The zero-order valence-electron chi connectivity index (χ0n) is 18.3. The molecule has 0 unspecified atom stereocenters. The molecule has 3 aliphatic rings. The minimum Gasteiger partial charge on any atom is -0.504 e. The van der Waals surface area contributed by atoms with Gasteiger partial charge in [0.15, 0.2) is 17.3 Å². The summed E-state index contributed by atoms with van der Waals surface area (Å²) >= 11 is 2.03. The molecule has 0 aromatic heterocycles. The molecule has 31 heavy (non-hydrogen) atoms. The Bertz CT molecular complexity index is 904. The second kappa shape index (κ2) is 8.19. The zero-order chi connectivity index (χ0) is 22.7. The molecule has 6 atom stereocenters. The highest BCUT2D eigenvalue weighted by Crippen LogP contribution is 2.59. The first-order valence-electron chi connectivity index (χ1n) is 11.0. The van der Waals surface area contributed by atoms with Gasteiger partial charge in [-0.2, -0.15) is 0 Å². The first-order valence-corrected chi connectivity index (χ1v) is 12.0. The smallest absolute Gasteiger partial charge is 0.233 e. The number of amides is 2. The Morgan fingerprint density at radius 1 is 1.29 bits per heavy atom. The Morgan fingerprint density at radius 3 is 2.61 bits per heavy atom. The number of ether oxygens (including phenoxy) is 2. The lowest BCUT2D eigenvalue weighted by Gasteiger charge is -2.46. The second-order valence-electron chi connectivity index (χ2n) is 9.30. The maximum Gasteiger partial charge on any atom is 0.233 e. The van der Waals surface area contributed by atoms with Crippen molar-refractivity contribution in [1.29, 1.82) is 0 Å². The number of hydrogen-bond donors (Lipinski definition) is 2. The Kier molecular flexibility index (Phi) is 6.02. The van der Waals surface area contributed by atoms with Crippen molar-refractivity contribution in [1.82, 2.24) is 4.90 Å². The first kappa shape index (κ1) is 22.8. The lowest BCUT2D eigenvalue weighted by atomic mass is 9.62. The van der Waals surface area contributed by atoms with Crippen LogP contribution in [0.2, 0.25) is 0 Å². The van der Waals surface area contributed by atoms with Crippen molar-refractivity contribution in [2.75, 3.05) is 13.7 Å². The van der Waals surface area contributed by atoms with Crippen LogP contribution in [0, 0.1) is 33.2 Å². The monoisotopic (exact) mass is 543 g/mol. The van der Waals surface area contributed by atoms with Crippen molar-refractivity contribution in [2.45, 2.75) is 51.9 Å². The molecule has 1 aromatic carbocycles. The van der Waals surface area contributed by atoms with E-state index in [2.05, 4.69) is 0 Å². The Hall–Kier alpha value is -1.39. The number of likely N-dealkylation sites (tertiary alicyclic amines) is 1. The number of methoxy groups -OCH3 is 1. The maximum absolute atomic E-state index is 13.2. The number of benzene rings is 1. The molecule has 1 aliphatic carbocycles. The predicted octanol–water partition coefficient (Wildman–Crippen LogP) is 3.46. The lowest BCUT2D eigenvalue weighted by Crippen LogP contribution is -2.55. The van der Waals surface area contributed by atoms with Crippen LogP contribution in [-0.2, 0) is 14.3 Å². The Balaban J connectivity index is 1.74. The Labute approximate surface area is 196 Å². The van der Waals surface area contributed by atoms with E-state index in [9.17, 15) is 19.8 Å². The van der Waals surface area contributed by atoms with Crippen molar-refractivity contribution >= 4 is 34.4 Å². The molecule has 3 fully saturated rings. The van der Waals surface area contributed by atoms with E-state index in [0.717, 1.165) is 5.56 Å². The summed E-state index contributed by atoms with van der Waals surface area (Å²) in [6, 6.07) is 3.53. The van der Waals surface area contributed by atoms with E-state index in [1.807, 2.05) is 49.4 Å². The summed E-state index contributed by atoms with van der Waals surface area (Å²) in [6.07, 6.45) is 1.14. The number of aromatic hydroxyl groups is 1. The largest absolute Gasteiger partial charge is 0.504 e. The quantitative estimate of drug-likeness (QED) is 0.437. The lowest BCUT2D eigenvalue weighted by molar-refractivity contribution is -0.276. The third-order valence-electron chi connectivity index (χ3n) is 7.27. The van der Waals surface area contributed by atoms with Gasteiger partial charge in [0.25, 0.3) is 0 Å². The number of fused-ring (bicyclic) bond motifs is 3. The van der Waals surface area contributed by atoms with Gasteiger partial charge in [0.05, 0.1) is 28.6 Å². The molecule has 0 bridgehead atoms. The zero-order valence-corrected chi connectivity index (χ0v) is 20.5. The maximum atomic E-state index is 13.2. The normalized spacial score (nSPS) is 34.9. The van der Waals surface area contributed by atoms with Crippen LogP contribution in [0.4, 0.5) is 0 Å². The van der Waals surface area contributed by atoms with Gasteiger partial charge in [-0.1, -0.05) is 20.8 Å². The van der Waals surface area contributed by atoms with Crippen LogP contribution in [0.1, 0.15) is 51.7 Å². The van der Waals surface area contributed by atoms with Gasteiger partial charge in [0.2, 0.25) is 11.8 Å². The van der Waals surface area contributed by atoms with E-state index in [1.165, 1.54) is 12.0 Å². The average Bonchev–Trinajstić information content (AvgIpc) is 3.19. The highest BCUT2D eigenvalue weighted by Gasteiger charge is 2.66. The summed E-state index contributed by atoms with van der Waals surface area (Å²) in [5.74, 6) is -2.92. The molecule has 7 nitrogen and oxygen atoms in total. The van der Waals surface area contributed by atoms with Crippen LogP contribution < -0.4 is 4.74 Å². The topological polar surface area (TPSA) is 96.3 Å². The molecule has 1 saturated carbocycles.